The van der Waals surface area contributed by atoms with E-state index in [1.807, 2.05) is 18.2 Å². The number of halogens is 1. The molecule has 0 spiro atoms. The van der Waals surface area contributed by atoms with Crippen LogP contribution in [0.2, 0.25) is 5.02 Å². The first-order valence-electron chi connectivity index (χ1n) is 6.12. The van der Waals surface area contributed by atoms with Gasteiger partial charge in [-0.15, -0.1) is 0 Å². The largest absolute Gasteiger partial charge is 0.609 e. The Balaban J connectivity index is 2.23. The van der Waals surface area contributed by atoms with Crippen molar-refractivity contribution in [3.8, 4) is 17.0 Å². The van der Waals surface area contributed by atoms with Gasteiger partial charge in [0.1, 0.15) is 12.0 Å². The average molecular weight is 322 g/mol. The molecule has 0 amide bonds. The molecule has 0 aliphatic rings. The number of fused-ring (bicyclic) bond motifs is 1. The van der Waals surface area contributed by atoms with Crippen LogP contribution in [-0.2, 0) is 11.2 Å². The number of nitrogens with zero attached hydrogens (tertiary/aromatic N) is 3. The van der Waals surface area contributed by atoms with Gasteiger partial charge in [0.15, 0.2) is 0 Å². The van der Waals surface area contributed by atoms with Gasteiger partial charge in [0.25, 0.3) is 0 Å². The third kappa shape index (κ3) is 2.57. The van der Waals surface area contributed by atoms with Gasteiger partial charge in [0.2, 0.25) is 0 Å². The van der Waals surface area contributed by atoms with Crippen LogP contribution in [0.5, 0.6) is 5.75 Å². The minimum Gasteiger partial charge on any atom is -0.609 e. The van der Waals surface area contributed by atoms with E-state index in [1.165, 1.54) is 0 Å². The molecule has 0 fully saturated rings. The maximum atomic E-state index is 11.6. The van der Waals surface area contributed by atoms with Crippen molar-refractivity contribution in [1.29, 1.82) is 0 Å². The van der Waals surface area contributed by atoms with Gasteiger partial charge in [-0.25, -0.2) is 4.52 Å². The molecule has 3 aromatic rings. The van der Waals surface area contributed by atoms with Gasteiger partial charge in [-0.2, -0.15) is 4.98 Å². The van der Waals surface area contributed by atoms with Gasteiger partial charge in [0.05, 0.1) is 24.5 Å². The molecule has 21 heavy (non-hydrogen) atoms. The van der Waals surface area contributed by atoms with Gasteiger partial charge >= 0.3 is 5.16 Å². The van der Waals surface area contributed by atoms with Crippen molar-refractivity contribution in [2.75, 3.05) is 13.4 Å². The van der Waals surface area contributed by atoms with Gasteiger partial charge in [-0.3, -0.25) is 0 Å². The van der Waals surface area contributed by atoms with Crippen LogP contribution in [0.1, 0.15) is 0 Å². The second kappa shape index (κ2) is 5.55. The molecular formula is C14H12ClN3O2S. The molecule has 0 saturated carbocycles. The highest BCUT2D eigenvalue weighted by Gasteiger charge is 2.15. The highest BCUT2D eigenvalue weighted by Crippen LogP contribution is 2.33. The zero-order valence-electron chi connectivity index (χ0n) is 11.4. The lowest BCUT2D eigenvalue weighted by Gasteiger charge is -2.09. The molecule has 2 heterocycles. The third-order valence-corrected chi connectivity index (χ3v) is 4.01. The Bertz CT molecular complexity index is 804. The molecule has 0 saturated heterocycles. The fraction of sp³-hybridized carbons (Fsp3) is 0.143. The van der Waals surface area contributed by atoms with E-state index in [4.69, 9.17) is 16.3 Å². The Morgan fingerprint density at radius 2 is 2.10 bits per heavy atom. The molecule has 1 aromatic carbocycles. The van der Waals surface area contributed by atoms with E-state index < -0.39 is 11.2 Å². The normalized spacial score (nSPS) is 12.6. The van der Waals surface area contributed by atoms with E-state index in [9.17, 15) is 4.55 Å². The van der Waals surface area contributed by atoms with E-state index in [1.54, 1.807) is 36.2 Å². The van der Waals surface area contributed by atoms with Crippen molar-refractivity contribution in [1.82, 2.24) is 14.6 Å². The molecule has 0 bridgehead atoms. The van der Waals surface area contributed by atoms with E-state index in [0.29, 0.717) is 10.8 Å². The van der Waals surface area contributed by atoms with E-state index in [2.05, 4.69) is 10.1 Å². The Morgan fingerprint density at radius 3 is 2.81 bits per heavy atom. The van der Waals surface area contributed by atoms with Crippen LogP contribution in [0.25, 0.3) is 16.8 Å². The number of benzene rings is 1. The predicted molar refractivity (Wildman–Crippen MR) is 82.3 cm³/mol. The summed E-state index contributed by atoms with van der Waals surface area (Å²) in [7, 11) is 1.59. The second-order valence-corrected chi connectivity index (χ2v) is 6.10. The van der Waals surface area contributed by atoms with Crippen molar-refractivity contribution in [3.05, 3.63) is 41.6 Å². The number of ether oxygens (including phenoxy) is 1. The Kier molecular flexibility index (Phi) is 3.75. The summed E-state index contributed by atoms with van der Waals surface area (Å²) in [5, 5.41) is 5.21. The molecular weight excluding hydrogens is 310 g/mol. The van der Waals surface area contributed by atoms with Crippen LogP contribution < -0.4 is 4.74 Å². The molecule has 5 nitrogen and oxygen atoms in total. The predicted octanol–water partition coefficient (Wildman–Crippen LogP) is 2.80. The summed E-state index contributed by atoms with van der Waals surface area (Å²) in [5.74, 6) is 0.653. The lowest BCUT2D eigenvalue weighted by atomic mass is 10.1. The Hall–Kier alpha value is -1.76. The van der Waals surface area contributed by atoms with Gasteiger partial charge in [-0.05, 0) is 30.3 Å². The number of hydrogen-bond donors (Lipinski definition) is 0. The van der Waals surface area contributed by atoms with E-state index in [-0.39, 0.29) is 5.16 Å². The molecule has 7 heteroatoms. The number of hydrogen-bond acceptors (Lipinski definition) is 4. The number of aromatic nitrogens is 3. The van der Waals surface area contributed by atoms with Crippen molar-refractivity contribution in [2.45, 2.75) is 5.16 Å². The van der Waals surface area contributed by atoms with Crippen LogP contribution in [0.4, 0.5) is 0 Å². The minimum atomic E-state index is -1.24. The summed E-state index contributed by atoms with van der Waals surface area (Å²) in [4.78, 5) is 4.09. The summed E-state index contributed by atoms with van der Waals surface area (Å²) < 4.78 is 18.6. The van der Waals surface area contributed by atoms with Gasteiger partial charge < -0.3 is 9.29 Å². The third-order valence-electron chi connectivity index (χ3n) is 3.07. The topological polar surface area (TPSA) is 62.5 Å². The lowest BCUT2D eigenvalue weighted by molar-refractivity contribution is 0.416. The van der Waals surface area contributed by atoms with Crippen molar-refractivity contribution < 1.29 is 9.29 Å². The first-order chi connectivity index (χ1) is 10.1. The smallest absolute Gasteiger partial charge is 0.359 e. The molecule has 3 rings (SSSR count). The highest BCUT2D eigenvalue weighted by atomic mass is 35.5. The lowest BCUT2D eigenvalue weighted by Crippen LogP contribution is -2.08. The van der Waals surface area contributed by atoms with Gasteiger partial charge in [-0.1, -0.05) is 16.7 Å². The van der Waals surface area contributed by atoms with Crippen LogP contribution in [-0.4, -0.2) is 32.5 Å². The van der Waals surface area contributed by atoms with Crippen molar-refractivity contribution in [3.63, 3.8) is 0 Å². The molecule has 1 unspecified atom stereocenters. The molecule has 2 aromatic heterocycles. The zero-order chi connectivity index (χ0) is 15.0. The standard InChI is InChI=1S/C14H12ClN3O2S/c1-20-13-7-9(15)3-5-11(13)12-6-4-10-8-16-14(21(2)19)17-18(10)12/h3-8H,1-2H3. The number of methoxy groups -OCH3 is 1. The van der Waals surface area contributed by atoms with Crippen molar-refractivity contribution >= 4 is 28.3 Å². The van der Waals surface area contributed by atoms with Crippen LogP contribution in [0, 0.1) is 0 Å². The average Bonchev–Trinajstić information content (AvgIpc) is 2.89. The first-order valence-corrected chi connectivity index (χ1v) is 8.06. The summed E-state index contributed by atoms with van der Waals surface area (Å²) >= 11 is 4.75. The molecule has 0 aliphatic heterocycles. The number of rotatable bonds is 3. The van der Waals surface area contributed by atoms with E-state index >= 15 is 0 Å². The van der Waals surface area contributed by atoms with Crippen molar-refractivity contribution in [2.24, 2.45) is 0 Å². The zero-order valence-corrected chi connectivity index (χ0v) is 13.0. The van der Waals surface area contributed by atoms with E-state index in [0.717, 1.165) is 16.8 Å². The first kappa shape index (κ1) is 14.2. The molecule has 0 radical (unpaired) electrons. The Morgan fingerprint density at radius 1 is 1.29 bits per heavy atom. The van der Waals surface area contributed by atoms with Crippen LogP contribution >= 0.6 is 11.6 Å². The summed E-state index contributed by atoms with van der Waals surface area (Å²) in [6, 6.07) is 9.22. The summed E-state index contributed by atoms with van der Waals surface area (Å²) in [6.45, 7) is 0. The maximum Gasteiger partial charge on any atom is 0.359 e. The van der Waals surface area contributed by atoms with Gasteiger partial charge in [0, 0.05) is 21.8 Å². The monoisotopic (exact) mass is 321 g/mol. The van der Waals surface area contributed by atoms with Crippen LogP contribution in [0.15, 0.2) is 41.7 Å². The summed E-state index contributed by atoms with van der Waals surface area (Å²) in [5.41, 5.74) is 2.50. The highest BCUT2D eigenvalue weighted by molar-refractivity contribution is 7.90. The van der Waals surface area contributed by atoms with Crippen LogP contribution in [0.3, 0.4) is 0 Å². The summed E-state index contributed by atoms with van der Waals surface area (Å²) in [6.07, 6.45) is 3.20. The SMILES string of the molecule is COc1cc(Cl)ccc1-c1ccc2cnc([S+](C)[O-])nn12. The minimum absolute atomic E-state index is 0.285. The molecule has 0 aliphatic carbocycles. The molecule has 1 atom stereocenters. The molecule has 0 N–H and O–H groups in total. The second-order valence-electron chi connectivity index (χ2n) is 4.39. The quantitative estimate of drug-likeness (QED) is 0.696. The molecule has 108 valence electrons. The fourth-order valence-electron chi connectivity index (χ4n) is 2.10. The maximum absolute atomic E-state index is 11.6. The Labute approximate surface area is 129 Å². The fourth-order valence-corrected chi connectivity index (χ4v) is 2.66.